The highest BCUT2D eigenvalue weighted by Gasteiger charge is 2.43. The van der Waals surface area contributed by atoms with Gasteiger partial charge in [0.1, 0.15) is 12.1 Å². The number of phosphoric ester groups is 1. The summed E-state index contributed by atoms with van der Waals surface area (Å²) in [7, 11) is 5.11. The molecule has 3 N–H and O–H groups in total. The molecular formula is C41H72N5O10P. The Morgan fingerprint density at radius 1 is 0.912 bits per heavy atom. The number of carbonyl (C=O) groups excluding carboxylic acids is 4. The number of hydrogen-bond donors (Lipinski definition) is 3. The SMILES string of the molecule is CC[C@H](C)[C@@H]([C@@H](CC(=O)N1CCC[C@H]1[C@H](OC)[C@@H](C)C(=O)N[C@H](C)[C@@H](OP(=O)(O)OC)c1ccccc1)OC)N(C)C(=O)[C@@H](NC(=O)[C@H](C(C)C)N(C)C)C(C)C. The number of methoxy groups -OCH3 is 2. The average Bonchev–Trinajstić information content (AvgIpc) is 3.65. The Balaban J connectivity index is 2.30. The van der Waals surface area contributed by atoms with Crippen molar-refractivity contribution in [1.29, 1.82) is 0 Å². The van der Waals surface area contributed by atoms with Crippen molar-refractivity contribution < 1.29 is 47.2 Å². The molecule has 1 aromatic rings. The van der Waals surface area contributed by atoms with E-state index in [1.165, 1.54) is 7.11 Å². The van der Waals surface area contributed by atoms with Crippen LogP contribution in [0.2, 0.25) is 0 Å². The molecule has 2 rings (SSSR count). The fourth-order valence-electron chi connectivity index (χ4n) is 8.11. The van der Waals surface area contributed by atoms with Crippen molar-refractivity contribution in [1.82, 2.24) is 25.3 Å². The summed E-state index contributed by atoms with van der Waals surface area (Å²) in [6.45, 7) is 15.7. The minimum absolute atomic E-state index is 0.0146. The van der Waals surface area contributed by atoms with Crippen LogP contribution in [0.1, 0.15) is 92.7 Å². The Bertz CT molecular complexity index is 1470. The van der Waals surface area contributed by atoms with Gasteiger partial charge in [0.15, 0.2) is 0 Å². The maximum absolute atomic E-state index is 14.3. The Hall–Kier alpha value is -2.91. The molecule has 11 atom stereocenters. The van der Waals surface area contributed by atoms with Crippen molar-refractivity contribution in [2.75, 3.05) is 49.0 Å². The maximum Gasteiger partial charge on any atom is 0.472 e. The highest BCUT2D eigenvalue weighted by atomic mass is 31.2. The van der Waals surface area contributed by atoms with E-state index in [1.807, 2.05) is 60.5 Å². The number of likely N-dealkylation sites (N-methyl/N-ethyl adjacent to an activating group) is 2. The van der Waals surface area contributed by atoms with Crippen LogP contribution in [-0.4, -0.2) is 135 Å². The molecule has 1 heterocycles. The fourth-order valence-corrected chi connectivity index (χ4v) is 8.79. The second-order valence-electron chi connectivity index (χ2n) is 16.4. The molecule has 1 aliphatic heterocycles. The van der Waals surface area contributed by atoms with Gasteiger partial charge in [-0.15, -0.1) is 0 Å². The van der Waals surface area contributed by atoms with E-state index in [0.29, 0.717) is 31.4 Å². The van der Waals surface area contributed by atoms with Crippen LogP contribution in [0.25, 0.3) is 0 Å². The minimum atomic E-state index is -4.42. The quantitative estimate of drug-likeness (QED) is 0.131. The molecular weight excluding hydrogens is 753 g/mol. The summed E-state index contributed by atoms with van der Waals surface area (Å²) < 4.78 is 34.5. The second kappa shape index (κ2) is 23.0. The highest BCUT2D eigenvalue weighted by Crippen LogP contribution is 2.48. The lowest BCUT2D eigenvalue weighted by molar-refractivity contribution is -0.148. The second-order valence-corrected chi connectivity index (χ2v) is 17.9. The van der Waals surface area contributed by atoms with Gasteiger partial charge >= 0.3 is 7.82 Å². The number of ether oxygens (including phenoxy) is 2. The van der Waals surface area contributed by atoms with E-state index >= 15 is 0 Å². The Kier molecular flexibility index (Phi) is 20.3. The summed E-state index contributed by atoms with van der Waals surface area (Å²) in [6.07, 6.45) is -0.322. The van der Waals surface area contributed by atoms with Crippen molar-refractivity contribution in [3.8, 4) is 0 Å². The number of carbonyl (C=O) groups is 4. The summed E-state index contributed by atoms with van der Waals surface area (Å²) >= 11 is 0. The third-order valence-corrected chi connectivity index (χ3v) is 12.3. The summed E-state index contributed by atoms with van der Waals surface area (Å²) in [5.41, 5.74) is 0.574. The fraction of sp³-hybridized carbons (Fsp3) is 0.756. The number of amides is 4. The molecule has 16 heteroatoms. The Morgan fingerprint density at radius 2 is 1.53 bits per heavy atom. The van der Waals surface area contributed by atoms with Crippen LogP contribution in [0.15, 0.2) is 30.3 Å². The van der Waals surface area contributed by atoms with Gasteiger partial charge in [0.2, 0.25) is 23.6 Å². The molecule has 0 aliphatic carbocycles. The normalized spacial score (nSPS) is 20.5. The van der Waals surface area contributed by atoms with Gasteiger partial charge in [0.25, 0.3) is 0 Å². The van der Waals surface area contributed by atoms with E-state index in [1.54, 1.807) is 68.1 Å². The lowest BCUT2D eigenvalue weighted by Gasteiger charge is -2.41. The minimum Gasteiger partial charge on any atom is -0.379 e. The van der Waals surface area contributed by atoms with Crippen LogP contribution in [0.4, 0.5) is 0 Å². The van der Waals surface area contributed by atoms with Crippen LogP contribution in [0.5, 0.6) is 0 Å². The standard InChI is InChI=1S/C41H72N5O10P/c1-15-27(6)36(45(11)41(50)34(25(2)3)43-40(49)35(26(4)5)44(9)10)32(53-12)24-33(47)46-23-19-22-31(46)37(54-13)28(7)39(48)42-29(8)38(56-57(51,52)55-14)30-20-17-16-18-21-30/h16-18,20-21,25-29,31-32,34-38H,15,19,22-24H2,1-14H3,(H,42,48)(H,43,49)(H,51,52)/t27-,28+,29+,31-,32+,34-,35-,36-,37+,38+/m0/s1. The average molecular weight is 826 g/mol. The molecule has 4 amide bonds. The monoisotopic (exact) mass is 826 g/mol. The van der Waals surface area contributed by atoms with Gasteiger partial charge in [0.05, 0.1) is 48.7 Å². The predicted molar refractivity (Wildman–Crippen MR) is 220 cm³/mol. The summed E-state index contributed by atoms with van der Waals surface area (Å²) in [5.74, 6) is -1.98. The highest BCUT2D eigenvalue weighted by molar-refractivity contribution is 7.47. The smallest absolute Gasteiger partial charge is 0.379 e. The van der Waals surface area contributed by atoms with E-state index in [4.69, 9.17) is 14.0 Å². The zero-order chi connectivity index (χ0) is 43.4. The van der Waals surface area contributed by atoms with Gasteiger partial charge in [0, 0.05) is 34.9 Å². The van der Waals surface area contributed by atoms with Crippen molar-refractivity contribution in [2.24, 2.45) is 23.7 Å². The zero-order valence-corrected chi connectivity index (χ0v) is 37.7. The van der Waals surface area contributed by atoms with Crippen molar-refractivity contribution in [2.45, 2.75) is 130 Å². The number of phosphoric acid groups is 1. The van der Waals surface area contributed by atoms with E-state index in [-0.39, 0.29) is 47.8 Å². The van der Waals surface area contributed by atoms with Crippen LogP contribution >= 0.6 is 7.82 Å². The molecule has 0 bridgehead atoms. The zero-order valence-electron chi connectivity index (χ0n) is 36.8. The Morgan fingerprint density at radius 3 is 2.02 bits per heavy atom. The van der Waals surface area contributed by atoms with Gasteiger partial charge < -0.3 is 34.8 Å². The van der Waals surface area contributed by atoms with Gasteiger partial charge in [-0.2, -0.15) is 0 Å². The predicted octanol–water partition coefficient (Wildman–Crippen LogP) is 4.64. The van der Waals surface area contributed by atoms with E-state index in [2.05, 4.69) is 15.2 Å². The molecule has 57 heavy (non-hydrogen) atoms. The molecule has 1 aliphatic rings. The lowest BCUT2D eigenvalue weighted by Crippen LogP contribution is -2.59. The molecule has 1 saturated heterocycles. The molecule has 0 radical (unpaired) electrons. The van der Waals surface area contributed by atoms with Crippen molar-refractivity contribution in [3.05, 3.63) is 35.9 Å². The molecule has 1 fully saturated rings. The van der Waals surface area contributed by atoms with Crippen LogP contribution in [-0.2, 0) is 42.3 Å². The number of nitrogens with one attached hydrogen (secondary N) is 2. The first-order chi connectivity index (χ1) is 26.7. The van der Waals surface area contributed by atoms with Crippen LogP contribution in [0, 0.1) is 23.7 Å². The van der Waals surface area contributed by atoms with Gasteiger partial charge in [-0.1, -0.05) is 85.2 Å². The lowest BCUT2D eigenvalue weighted by atomic mass is 9.89. The van der Waals surface area contributed by atoms with E-state index in [0.717, 1.165) is 7.11 Å². The third kappa shape index (κ3) is 13.6. The number of benzene rings is 1. The topological polar surface area (TPSA) is 176 Å². The first-order valence-corrected chi connectivity index (χ1v) is 21.7. The van der Waals surface area contributed by atoms with Gasteiger partial charge in [-0.05, 0) is 57.2 Å². The molecule has 1 unspecified atom stereocenters. The number of likely N-dealkylation sites (tertiary alicyclic amines) is 1. The largest absolute Gasteiger partial charge is 0.472 e. The molecule has 0 spiro atoms. The Labute approximate surface area is 341 Å². The number of rotatable bonds is 23. The van der Waals surface area contributed by atoms with E-state index < -0.39 is 62.3 Å². The van der Waals surface area contributed by atoms with E-state index in [9.17, 15) is 28.6 Å². The van der Waals surface area contributed by atoms with Crippen LogP contribution < -0.4 is 10.6 Å². The van der Waals surface area contributed by atoms with Crippen molar-refractivity contribution in [3.63, 3.8) is 0 Å². The molecule has 1 aromatic carbocycles. The third-order valence-electron chi connectivity index (χ3n) is 11.4. The first kappa shape index (κ1) is 50.2. The summed E-state index contributed by atoms with van der Waals surface area (Å²) in [6, 6.07) is 5.93. The van der Waals surface area contributed by atoms with Crippen LogP contribution in [0.3, 0.4) is 0 Å². The molecule has 0 aromatic heterocycles. The number of hydrogen-bond acceptors (Lipinski definition) is 10. The first-order valence-electron chi connectivity index (χ1n) is 20.2. The molecule has 0 saturated carbocycles. The molecule has 326 valence electrons. The maximum atomic E-state index is 14.3. The number of nitrogens with zero attached hydrogens (tertiary/aromatic N) is 3. The van der Waals surface area contributed by atoms with Crippen molar-refractivity contribution >= 4 is 31.5 Å². The summed E-state index contributed by atoms with van der Waals surface area (Å²) in [5, 5.41) is 5.96. The molecule has 15 nitrogen and oxygen atoms in total. The van der Waals surface area contributed by atoms with Gasteiger partial charge in [-0.25, -0.2) is 4.57 Å². The summed E-state index contributed by atoms with van der Waals surface area (Å²) in [4.78, 5) is 71.2. The van der Waals surface area contributed by atoms with Gasteiger partial charge in [-0.3, -0.25) is 33.1 Å².